The van der Waals surface area contributed by atoms with Gasteiger partial charge < -0.3 is 15.8 Å². The van der Waals surface area contributed by atoms with Gasteiger partial charge >= 0.3 is 0 Å². The van der Waals surface area contributed by atoms with Crippen molar-refractivity contribution in [3.05, 3.63) is 52.6 Å². The van der Waals surface area contributed by atoms with E-state index in [2.05, 4.69) is 19.2 Å². The van der Waals surface area contributed by atoms with Crippen LogP contribution in [0.5, 0.6) is 5.75 Å². The highest BCUT2D eigenvalue weighted by molar-refractivity contribution is 6.99. The number of carbonyl (C=O) groups is 2. The summed E-state index contributed by atoms with van der Waals surface area (Å²) in [4.78, 5) is 24.1. The molecule has 3 rings (SSSR count). The molecule has 0 fully saturated rings. The third kappa shape index (κ3) is 3.95. The number of hydrogen-bond acceptors (Lipinski definition) is 7. The van der Waals surface area contributed by atoms with E-state index in [1.807, 2.05) is 6.92 Å². The number of carbonyl (C=O) groups excluding carboxylic acids is 2. The van der Waals surface area contributed by atoms with Crippen LogP contribution in [0.4, 0.5) is 5.69 Å². The van der Waals surface area contributed by atoms with E-state index in [-0.39, 0.29) is 11.6 Å². The third-order valence-electron chi connectivity index (χ3n) is 3.93. The van der Waals surface area contributed by atoms with Crippen LogP contribution in [0.1, 0.15) is 37.9 Å². The van der Waals surface area contributed by atoms with E-state index < -0.39 is 5.91 Å². The van der Waals surface area contributed by atoms with E-state index in [4.69, 9.17) is 10.5 Å². The van der Waals surface area contributed by atoms with Gasteiger partial charge in [-0.15, -0.1) is 0 Å². The molecular weight excluding hydrogens is 368 g/mol. The Balaban J connectivity index is 1.69. The molecule has 0 unspecified atom stereocenters. The fraction of sp³-hybridized carbons (Fsp3) is 0.235. The van der Waals surface area contributed by atoms with Crippen LogP contribution in [0.15, 0.2) is 24.3 Å². The van der Waals surface area contributed by atoms with Crippen LogP contribution in [-0.2, 0) is 13.7 Å². The number of aryl methyl sites for hydroxylation is 3. The number of anilines is 1. The van der Waals surface area contributed by atoms with Gasteiger partial charge in [-0.05, 0) is 38.1 Å². The summed E-state index contributed by atoms with van der Waals surface area (Å²) in [6, 6.07) is 6.64. The summed E-state index contributed by atoms with van der Waals surface area (Å²) in [6.45, 7) is 3.87. The standard InChI is InChI=1S/C17H18N6O3S/c1-9-13(22-27-21-9)8-26-12-6-4-11(5-7-12)17(25)19-14-10(2)20-23(3)15(14)16(18)24/h4-7H,8H2,1-3H3,(H2,18,24)(H,19,25). The van der Waals surface area contributed by atoms with Crippen molar-refractivity contribution in [1.29, 1.82) is 0 Å². The van der Waals surface area contributed by atoms with Gasteiger partial charge in [0.1, 0.15) is 23.7 Å². The number of benzene rings is 1. The lowest BCUT2D eigenvalue weighted by atomic mass is 10.2. The second kappa shape index (κ2) is 7.54. The van der Waals surface area contributed by atoms with Gasteiger partial charge in [-0.25, -0.2) is 0 Å². The van der Waals surface area contributed by atoms with Crippen molar-refractivity contribution in [2.24, 2.45) is 12.8 Å². The average molecular weight is 386 g/mol. The lowest BCUT2D eigenvalue weighted by Gasteiger charge is -2.08. The SMILES string of the molecule is Cc1nsnc1COc1ccc(C(=O)Nc2c(C)nn(C)c2C(N)=O)cc1. The van der Waals surface area contributed by atoms with Gasteiger partial charge in [0.15, 0.2) is 0 Å². The average Bonchev–Trinajstić information content (AvgIpc) is 3.16. The summed E-state index contributed by atoms with van der Waals surface area (Å²) >= 11 is 1.14. The van der Waals surface area contributed by atoms with Crippen molar-refractivity contribution in [3.63, 3.8) is 0 Å². The minimum Gasteiger partial charge on any atom is -0.487 e. The molecule has 9 nitrogen and oxygen atoms in total. The summed E-state index contributed by atoms with van der Waals surface area (Å²) < 4.78 is 15.2. The summed E-state index contributed by atoms with van der Waals surface area (Å²) in [5, 5.41) is 6.82. The third-order valence-corrected chi connectivity index (χ3v) is 4.59. The molecule has 0 saturated heterocycles. The lowest BCUT2D eigenvalue weighted by Crippen LogP contribution is -2.20. The first kappa shape index (κ1) is 18.5. The predicted molar refractivity (Wildman–Crippen MR) is 99.8 cm³/mol. The molecule has 3 aromatic rings. The maximum absolute atomic E-state index is 12.5. The van der Waals surface area contributed by atoms with Crippen molar-refractivity contribution in [3.8, 4) is 5.75 Å². The second-order valence-electron chi connectivity index (χ2n) is 5.86. The van der Waals surface area contributed by atoms with Crippen molar-refractivity contribution in [2.75, 3.05) is 5.32 Å². The summed E-state index contributed by atoms with van der Waals surface area (Å²) in [5.41, 5.74) is 8.37. The monoisotopic (exact) mass is 386 g/mol. The van der Waals surface area contributed by atoms with E-state index in [1.54, 1.807) is 38.2 Å². The maximum Gasteiger partial charge on any atom is 0.269 e. The number of ether oxygens (including phenoxy) is 1. The Morgan fingerprint density at radius 2 is 1.89 bits per heavy atom. The highest BCUT2D eigenvalue weighted by Gasteiger charge is 2.20. The van der Waals surface area contributed by atoms with Crippen molar-refractivity contribution in [1.82, 2.24) is 18.5 Å². The maximum atomic E-state index is 12.5. The summed E-state index contributed by atoms with van der Waals surface area (Å²) in [7, 11) is 1.59. The largest absolute Gasteiger partial charge is 0.487 e. The van der Waals surface area contributed by atoms with Gasteiger partial charge in [0.25, 0.3) is 11.8 Å². The number of hydrogen-bond donors (Lipinski definition) is 2. The molecule has 1 aromatic carbocycles. The molecule has 2 heterocycles. The van der Waals surface area contributed by atoms with Crippen LogP contribution in [-0.4, -0.2) is 30.3 Å². The van der Waals surface area contributed by atoms with Crippen LogP contribution >= 0.6 is 11.7 Å². The van der Waals surface area contributed by atoms with Gasteiger partial charge in [0.2, 0.25) is 0 Å². The number of primary amides is 1. The molecule has 0 aliphatic heterocycles. The fourth-order valence-electron chi connectivity index (χ4n) is 2.51. The molecule has 0 atom stereocenters. The normalized spacial score (nSPS) is 10.6. The van der Waals surface area contributed by atoms with Crippen LogP contribution in [0.3, 0.4) is 0 Å². The van der Waals surface area contributed by atoms with Crippen LogP contribution in [0.2, 0.25) is 0 Å². The van der Waals surface area contributed by atoms with E-state index in [0.717, 1.165) is 23.1 Å². The first-order valence-corrected chi connectivity index (χ1v) is 8.75. The summed E-state index contributed by atoms with van der Waals surface area (Å²) in [5.74, 6) is -0.432. The molecular formula is C17H18N6O3S. The quantitative estimate of drug-likeness (QED) is 0.666. The smallest absolute Gasteiger partial charge is 0.269 e. The van der Waals surface area contributed by atoms with Crippen molar-refractivity contribution >= 4 is 29.2 Å². The molecule has 0 spiro atoms. The first-order valence-electron chi connectivity index (χ1n) is 8.02. The molecule has 0 radical (unpaired) electrons. The molecule has 27 heavy (non-hydrogen) atoms. The van der Waals surface area contributed by atoms with Crippen LogP contribution in [0.25, 0.3) is 0 Å². The Morgan fingerprint density at radius 3 is 2.48 bits per heavy atom. The fourth-order valence-corrected chi connectivity index (χ4v) is 3.06. The Labute approximate surface area is 159 Å². The zero-order valence-electron chi connectivity index (χ0n) is 15.0. The molecule has 0 aliphatic rings. The zero-order chi connectivity index (χ0) is 19.6. The van der Waals surface area contributed by atoms with E-state index in [9.17, 15) is 9.59 Å². The number of nitrogens with zero attached hydrogens (tertiary/aromatic N) is 4. The number of nitrogens with two attached hydrogens (primary N) is 1. The number of rotatable bonds is 6. The van der Waals surface area contributed by atoms with Gasteiger partial charge in [0.05, 0.1) is 28.8 Å². The molecule has 2 aromatic heterocycles. The molecule has 2 amide bonds. The van der Waals surface area contributed by atoms with Crippen LogP contribution in [0, 0.1) is 13.8 Å². The Morgan fingerprint density at radius 1 is 1.19 bits per heavy atom. The minimum atomic E-state index is -0.663. The van der Waals surface area contributed by atoms with E-state index >= 15 is 0 Å². The number of amides is 2. The highest BCUT2D eigenvalue weighted by Crippen LogP contribution is 2.21. The number of aromatic nitrogens is 4. The first-order chi connectivity index (χ1) is 12.9. The van der Waals surface area contributed by atoms with E-state index in [1.165, 1.54) is 4.68 Å². The van der Waals surface area contributed by atoms with Crippen molar-refractivity contribution in [2.45, 2.75) is 20.5 Å². The second-order valence-corrected chi connectivity index (χ2v) is 6.39. The molecule has 0 aliphatic carbocycles. The minimum absolute atomic E-state index is 0.146. The molecule has 140 valence electrons. The Kier molecular flexibility index (Phi) is 5.17. The molecule has 3 N–H and O–H groups in total. The van der Waals surface area contributed by atoms with Gasteiger partial charge in [-0.1, -0.05) is 0 Å². The Bertz CT molecular complexity index is 993. The topological polar surface area (TPSA) is 125 Å². The zero-order valence-corrected chi connectivity index (χ0v) is 15.8. The molecule has 0 bridgehead atoms. The van der Waals surface area contributed by atoms with Gasteiger partial charge in [-0.3, -0.25) is 14.3 Å². The summed E-state index contributed by atoms with van der Waals surface area (Å²) in [6.07, 6.45) is 0. The molecule has 0 saturated carbocycles. The van der Waals surface area contributed by atoms with Crippen molar-refractivity contribution < 1.29 is 14.3 Å². The highest BCUT2D eigenvalue weighted by atomic mass is 32.1. The van der Waals surface area contributed by atoms with Crippen LogP contribution < -0.4 is 15.8 Å². The van der Waals surface area contributed by atoms with Gasteiger partial charge in [0, 0.05) is 12.6 Å². The molecule has 10 heteroatoms. The predicted octanol–water partition coefficient (Wildman–Crippen LogP) is 1.82. The van der Waals surface area contributed by atoms with E-state index in [0.29, 0.717) is 29.3 Å². The Hall–Kier alpha value is -3.27. The van der Waals surface area contributed by atoms with Gasteiger partial charge in [-0.2, -0.15) is 13.8 Å². The number of nitrogens with one attached hydrogen (secondary N) is 1. The lowest BCUT2D eigenvalue weighted by molar-refractivity contribution is 0.0992.